The molecule has 0 atom stereocenters. The van der Waals surface area contributed by atoms with Crippen LogP contribution < -0.4 is 11.1 Å². The molecule has 0 unspecified atom stereocenters. The second kappa shape index (κ2) is 5.40. The van der Waals surface area contributed by atoms with E-state index in [0.29, 0.717) is 5.56 Å². The molecule has 4 nitrogen and oxygen atoms in total. The van der Waals surface area contributed by atoms with Crippen molar-refractivity contribution in [1.82, 2.24) is 4.98 Å². The van der Waals surface area contributed by atoms with Gasteiger partial charge in [-0.25, -0.2) is 0 Å². The molecule has 2 rings (SSSR count). The van der Waals surface area contributed by atoms with Gasteiger partial charge in [-0.2, -0.15) is 0 Å². The predicted octanol–water partition coefficient (Wildman–Crippen LogP) is 3.30. The van der Waals surface area contributed by atoms with E-state index in [0.717, 1.165) is 27.0 Å². The number of nitrogens with one attached hydrogen (secondary N) is 1. The Bertz CT molecular complexity index is 641. The lowest BCUT2D eigenvalue weighted by molar-refractivity contribution is 0.102. The molecule has 3 N–H and O–H groups in total. The normalized spacial score (nSPS) is 10.3. The van der Waals surface area contributed by atoms with Crippen LogP contribution in [0.15, 0.2) is 35.1 Å². The summed E-state index contributed by atoms with van der Waals surface area (Å²) in [6.07, 6.45) is 3.16. The molecule has 0 aliphatic rings. The summed E-state index contributed by atoms with van der Waals surface area (Å²) in [5.74, 6) is -0.193. The minimum atomic E-state index is -0.193. The third kappa shape index (κ3) is 3.12. The van der Waals surface area contributed by atoms with Crippen molar-refractivity contribution >= 4 is 33.2 Å². The van der Waals surface area contributed by atoms with Gasteiger partial charge >= 0.3 is 0 Å². The van der Waals surface area contributed by atoms with Crippen molar-refractivity contribution in [3.8, 4) is 0 Å². The van der Waals surface area contributed by atoms with Crippen LogP contribution in [0.5, 0.6) is 0 Å². The fraction of sp³-hybridized carbons (Fsp3) is 0.143. The lowest BCUT2D eigenvalue weighted by atomic mass is 10.1. The number of hydrogen-bond acceptors (Lipinski definition) is 3. The van der Waals surface area contributed by atoms with Crippen LogP contribution in [0.4, 0.5) is 11.4 Å². The van der Waals surface area contributed by atoms with Crippen LogP contribution in [-0.2, 0) is 0 Å². The molecule has 19 heavy (non-hydrogen) atoms. The summed E-state index contributed by atoms with van der Waals surface area (Å²) in [7, 11) is 0. The lowest BCUT2D eigenvalue weighted by Crippen LogP contribution is -2.13. The van der Waals surface area contributed by atoms with E-state index < -0.39 is 0 Å². The monoisotopic (exact) mass is 319 g/mol. The number of aryl methyl sites for hydroxylation is 2. The average molecular weight is 320 g/mol. The minimum Gasteiger partial charge on any atom is -0.399 e. The van der Waals surface area contributed by atoms with Crippen LogP contribution in [-0.4, -0.2) is 10.9 Å². The number of aromatic nitrogens is 1. The largest absolute Gasteiger partial charge is 0.399 e. The average Bonchev–Trinajstić information content (AvgIpc) is 2.36. The van der Waals surface area contributed by atoms with Crippen LogP contribution in [0, 0.1) is 13.8 Å². The summed E-state index contributed by atoms with van der Waals surface area (Å²) in [5.41, 5.74) is 9.68. The van der Waals surface area contributed by atoms with E-state index in [4.69, 9.17) is 5.73 Å². The molecule has 0 bridgehead atoms. The molecule has 0 spiro atoms. The predicted molar refractivity (Wildman–Crippen MR) is 80.2 cm³/mol. The fourth-order valence-electron chi connectivity index (χ4n) is 1.70. The number of amides is 1. The van der Waals surface area contributed by atoms with Crippen molar-refractivity contribution in [2.45, 2.75) is 13.8 Å². The van der Waals surface area contributed by atoms with Crippen LogP contribution in [0.3, 0.4) is 0 Å². The second-order valence-corrected chi connectivity index (χ2v) is 5.29. The van der Waals surface area contributed by atoms with Gasteiger partial charge in [0, 0.05) is 28.2 Å². The Labute approximate surface area is 120 Å². The highest BCUT2D eigenvalue weighted by molar-refractivity contribution is 9.10. The maximum atomic E-state index is 12.1. The van der Waals surface area contributed by atoms with E-state index >= 15 is 0 Å². The number of pyridine rings is 1. The number of hydrogen-bond donors (Lipinski definition) is 2. The van der Waals surface area contributed by atoms with Crippen molar-refractivity contribution in [3.63, 3.8) is 0 Å². The van der Waals surface area contributed by atoms with Crippen LogP contribution >= 0.6 is 15.9 Å². The number of nitrogen functional groups attached to an aromatic ring is 1. The first kappa shape index (κ1) is 13.5. The Balaban J connectivity index is 2.27. The molecular formula is C14H14BrN3O. The quantitative estimate of drug-likeness (QED) is 0.834. The van der Waals surface area contributed by atoms with Gasteiger partial charge in [-0.05, 0) is 59.1 Å². The Morgan fingerprint density at radius 2 is 1.95 bits per heavy atom. The van der Waals surface area contributed by atoms with E-state index in [1.54, 1.807) is 12.3 Å². The van der Waals surface area contributed by atoms with Crippen molar-refractivity contribution < 1.29 is 4.79 Å². The van der Waals surface area contributed by atoms with Crippen molar-refractivity contribution in [3.05, 3.63) is 51.8 Å². The first-order chi connectivity index (χ1) is 8.97. The molecule has 0 aliphatic heterocycles. The highest BCUT2D eigenvalue weighted by atomic mass is 79.9. The van der Waals surface area contributed by atoms with Crippen molar-refractivity contribution in [1.29, 1.82) is 0 Å². The number of nitrogens with zero attached hydrogens (tertiary/aromatic N) is 1. The van der Waals surface area contributed by atoms with Gasteiger partial charge in [0.15, 0.2) is 0 Å². The Morgan fingerprint density at radius 1 is 1.21 bits per heavy atom. The van der Waals surface area contributed by atoms with Crippen LogP contribution in [0.2, 0.25) is 0 Å². The van der Waals surface area contributed by atoms with E-state index in [1.807, 2.05) is 26.0 Å². The van der Waals surface area contributed by atoms with E-state index in [1.165, 1.54) is 6.20 Å². The number of nitrogens with two attached hydrogens (primary N) is 1. The van der Waals surface area contributed by atoms with Gasteiger partial charge < -0.3 is 11.1 Å². The Kier molecular flexibility index (Phi) is 3.85. The third-order valence-electron chi connectivity index (χ3n) is 2.83. The standard InChI is InChI=1S/C14H14BrN3O/c1-8-4-13(9(2)3-12(8)16)18-14(19)10-5-11(15)7-17-6-10/h3-7H,16H2,1-2H3,(H,18,19). The Hall–Kier alpha value is -1.88. The molecule has 98 valence electrons. The number of carbonyl (C=O) groups is 1. The van der Waals surface area contributed by atoms with Gasteiger partial charge in [0.05, 0.1) is 5.56 Å². The van der Waals surface area contributed by atoms with Crippen molar-refractivity contribution in [2.24, 2.45) is 0 Å². The summed E-state index contributed by atoms with van der Waals surface area (Å²) in [5, 5.41) is 2.87. The molecule has 0 radical (unpaired) electrons. The lowest BCUT2D eigenvalue weighted by Gasteiger charge is -2.11. The third-order valence-corrected chi connectivity index (χ3v) is 3.26. The van der Waals surface area contributed by atoms with E-state index in [-0.39, 0.29) is 5.91 Å². The second-order valence-electron chi connectivity index (χ2n) is 4.37. The zero-order valence-electron chi connectivity index (χ0n) is 10.7. The molecule has 0 aliphatic carbocycles. The zero-order chi connectivity index (χ0) is 14.0. The molecule has 1 amide bonds. The summed E-state index contributed by atoms with van der Waals surface area (Å²) in [6, 6.07) is 5.44. The number of benzene rings is 1. The topological polar surface area (TPSA) is 68.0 Å². The molecule has 0 fully saturated rings. The summed E-state index contributed by atoms with van der Waals surface area (Å²) >= 11 is 3.29. The first-order valence-electron chi connectivity index (χ1n) is 5.76. The van der Waals surface area contributed by atoms with Gasteiger partial charge in [-0.1, -0.05) is 0 Å². The number of rotatable bonds is 2. The zero-order valence-corrected chi connectivity index (χ0v) is 12.3. The summed E-state index contributed by atoms with van der Waals surface area (Å²) in [4.78, 5) is 16.1. The molecule has 1 aromatic carbocycles. The minimum absolute atomic E-state index is 0.193. The summed E-state index contributed by atoms with van der Waals surface area (Å²) < 4.78 is 0.769. The Morgan fingerprint density at radius 3 is 2.63 bits per heavy atom. The molecule has 1 aromatic heterocycles. The first-order valence-corrected chi connectivity index (χ1v) is 6.55. The van der Waals surface area contributed by atoms with Crippen LogP contribution in [0.1, 0.15) is 21.5 Å². The molecule has 0 saturated heterocycles. The molecule has 1 heterocycles. The molecule has 0 saturated carbocycles. The SMILES string of the molecule is Cc1cc(NC(=O)c2cncc(Br)c2)c(C)cc1N. The number of halogens is 1. The maximum absolute atomic E-state index is 12.1. The fourth-order valence-corrected chi connectivity index (χ4v) is 2.07. The number of anilines is 2. The van der Waals surface area contributed by atoms with Crippen molar-refractivity contribution in [2.75, 3.05) is 11.1 Å². The van der Waals surface area contributed by atoms with Crippen LogP contribution in [0.25, 0.3) is 0 Å². The van der Waals surface area contributed by atoms with E-state index in [9.17, 15) is 4.79 Å². The molecule has 2 aromatic rings. The summed E-state index contributed by atoms with van der Waals surface area (Å²) in [6.45, 7) is 3.82. The maximum Gasteiger partial charge on any atom is 0.257 e. The molecule has 5 heteroatoms. The van der Waals surface area contributed by atoms with Gasteiger partial charge in [0.25, 0.3) is 5.91 Å². The van der Waals surface area contributed by atoms with Gasteiger partial charge in [0.1, 0.15) is 0 Å². The van der Waals surface area contributed by atoms with Gasteiger partial charge in [-0.15, -0.1) is 0 Å². The van der Waals surface area contributed by atoms with Gasteiger partial charge in [0.2, 0.25) is 0 Å². The number of carbonyl (C=O) groups excluding carboxylic acids is 1. The van der Waals surface area contributed by atoms with Gasteiger partial charge in [-0.3, -0.25) is 9.78 Å². The smallest absolute Gasteiger partial charge is 0.257 e. The highest BCUT2D eigenvalue weighted by Gasteiger charge is 2.09. The van der Waals surface area contributed by atoms with E-state index in [2.05, 4.69) is 26.2 Å². The highest BCUT2D eigenvalue weighted by Crippen LogP contribution is 2.22. The molecular weight excluding hydrogens is 306 g/mol.